The summed E-state index contributed by atoms with van der Waals surface area (Å²) in [5, 5.41) is 9.41. The number of hydrogen-bond donors (Lipinski definition) is 1. The van der Waals surface area contributed by atoms with E-state index in [2.05, 4.69) is 0 Å². The van der Waals surface area contributed by atoms with Crippen LogP contribution < -0.4 is 0 Å². The maximum atomic E-state index is 13.5. The van der Waals surface area contributed by atoms with Gasteiger partial charge in [0.15, 0.2) is 0 Å². The molecule has 1 aromatic carbocycles. The Hall–Kier alpha value is -1.46. The van der Waals surface area contributed by atoms with Gasteiger partial charge in [-0.05, 0) is 12.5 Å². The maximum Gasteiger partial charge on any atom is 0.236 e. The van der Waals surface area contributed by atoms with Gasteiger partial charge >= 0.3 is 0 Å². The third-order valence-corrected chi connectivity index (χ3v) is 3.40. The van der Waals surface area contributed by atoms with E-state index in [0.717, 1.165) is 6.54 Å². The van der Waals surface area contributed by atoms with E-state index < -0.39 is 0 Å². The van der Waals surface area contributed by atoms with Crippen LogP contribution in [0.2, 0.25) is 0 Å². The molecule has 1 fully saturated rings. The molecule has 0 aliphatic carbocycles. The lowest BCUT2D eigenvalue weighted by molar-refractivity contribution is -0.131. The lowest BCUT2D eigenvalue weighted by Gasteiger charge is -2.21. The van der Waals surface area contributed by atoms with Crippen LogP contribution in [-0.4, -0.2) is 53.6 Å². The predicted molar refractivity (Wildman–Crippen MR) is 69.9 cm³/mol. The number of aliphatic hydroxyl groups is 1. The number of benzene rings is 1. The number of carbonyl (C=O) groups is 1. The summed E-state index contributed by atoms with van der Waals surface area (Å²) in [7, 11) is 1.67. The molecule has 1 aromatic rings. The van der Waals surface area contributed by atoms with E-state index in [4.69, 9.17) is 0 Å². The van der Waals surface area contributed by atoms with Crippen LogP contribution in [-0.2, 0) is 11.3 Å². The molecule has 5 heteroatoms. The molecular formula is C14H19FN2O2. The zero-order valence-corrected chi connectivity index (χ0v) is 11.1. The van der Waals surface area contributed by atoms with E-state index in [1.807, 2.05) is 4.90 Å². The Labute approximate surface area is 112 Å². The van der Waals surface area contributed by atoms with Crippen molar-refractivity contribution in [2.75, 3.05) is 26.7 Å². The Balaban J connectivity index is 1.87. The van der Waals surface area contributed by atoms with Gasteiger partial charge in [0.05, 0.1) is 12.6 Å². The van der Waals surface area contributed by atoms with Gasteiger partial charge < -0.3 is 10.0 Å². The molecule has 0 radical (unpaired) electrons. The van der Waals surface area contributed by atoms with Crippen LogP contribution in [0.4, 0.5) is 4.39 Å². The molecule has 4 nitrogen and oxygen atoms in total. The van der Waals surface area contributed by atoms with E-state index in [1.54, 1.807) is 25.2 Å². The van der Waals surface area contributed by atoms with Gasteiger partial charge in [-0.1, -0.05) is 18.2 Å². The molecule has 0 unspecified atom stereocenters. The first-order valence-electron chi connectivity index (χ1n) is 6.44. The van der Waals surface area contributed by atoms with Crippen molar-refractivity contribution < 1.29 is 14.3 Å². The highest BCUT2D eigenvalue weighted by atomic mass is 19.1. The number of rotatable bonds is 4. The monoisotopic (exact) mass is 266 g/mol. The van der Waals surface area contributed by atoms with E-state index in [0.29, 0.717) is 18.5 Å². The van der Waals surface area contributed by atoms with Crippen LogP contribution >= 0.6 is 0 Å². The van der Waals surface area contributed by atoms with Gasteiger partial charge in [-0.25, -0.2) is 4.39 Å². The van der Waals surface area contributed by atoms with Crippen LogP contribution in [0.1, 0.15) is 12.0 Å². The van der Waals surface area contributed by atoms with E-state index in [9.17, 15) is 14.3 Å². The Morgan fingerprint density at radius 1 is 1.53 bits per heavy atom. The number of carbonyl (C=O) groups excluding carboxylic acids is 1. The fourth-order valence-electron chi connectivity index (χ4n) is 2.24. The fourth-order valence-corrected chi connectivity index (χ4v) is 2.24. The zero-order chi connectivity index (χ0) is 13.8. The molecule has 1 amide bonds. The van der Waals surface area contributed by atoms with Gasteiger partial charge in [-0.2, -0.15) is 0 Å². The number of likely N-dealkylation sites (tertiary alicyclic amines) is 1. The quantitative estimate of drug-likeness (QED) is 0.878. The summed E-state index contributed by atoms with van der Waals surface area (Å²) in [6.07, 6.45) is 0.384. The Morgan fingerprint density at radius 2 is 2.26 bits per heavy atom. The molecular weight excluding hydrogens is 247 g/mol. The highest BCUT2D eigenvalue weighted by molar-refractivity contribution is 5.78. The normalized spacial score (nSPS) is 19.6. The summed E-state index contributed by atoms with van der Waals surface area (Å²) < 4.78 is 13.5. The summed E-state index contributed by atoms with van der Waals surface area (Å²) in [4.78, 5) is 15.4. The molecule has 1 heterocycles. The molecule has 0 saturated carbocycles. The first-order valence-corrected chi connectivity index (χ1v) is 6.44. The largest absolute Gasteiger partial charge is 0.392 e. The van der Waals surface area contributed by atoms with Crippen molar-refractivity contribution in [1.82, 2.24) is 9.80 Å². The van der Waals surface area contributed by atoms with Crippen molar-refractivity contribution in [3.8, 4) is 0 Å². The summed E-state index contributed by atoms with van der Waals surface area (Å²) in [5.74, 6) is -0.351. The molecule has 0 bridgehead atoms. The SMILES string of the molecule is CN(Cc1ccccc1F)C(=O)CN1CC[C@H](O)C1. The van der Waals surface area contributed by atoms with Crippen LogP contribution in [0.25, 0.3) is 0 Å². The van der Waals surface area contributed by atoms with Crippen molar-refractivity contribution in [3.05, 3.63) is 35.6 Å². The van der Waals surface area contributed by atoms with E-state index in [1.165, 1.54) is 11.0 Å². The maximum absolute atomic E-state index is 13.5. The highest BCUT2D eigenvalue weighted by Crippen LogP contribution is 2.11. The number of amides is 1. The second-order valence-corrected chi connectivity index (χ2v) is 5.02. The van der Waals surface area contributed by atoms with Crippen LogP contribution in [0.3, 0.4) is 0 Å². The molecule has 1 N–H and O–H groups in total. The third kappa shape index (κ3) is 3.75. The molecule has 0 aromatic heterocycles. The second-order valence-electron chi connectivity index (χ2n) is 5.02. The molecule has 0 spiro atoms. The first-order chi connectivity index (χ1) is 9.06. The van der Waals surface area contributed by atoms with Crippen molar-refractivity contribution >= 4 is 5.91 Å². The summed E-state index contributed by atoms with van der Waals surface area (Å²) >= 11 is 0. The lowest BCUT2D eigenvalue weighted by atomic mass is 10.2. The number of halogens is 1. The van der Waals surface area contributed by atoms with Crippen molar-refractivity contribution in [3.63, 3.8) is 0 Å². The second kappa shape index (κ2) is 6.12. The number of nitrogens with zero attached hydrogens (tertiary/aromatic N) is 2. The minimum absolute atomic E-state index is 0.0580. The number of aliphatic hydroxyl groups excluding tert-OH is 1. The summed E-state index contributed by atoms with van der Waals surface area (Å²) in [6, 6.07) is 6.46. The Morgan fingerprint density at radius 3 is 2.89 bits per heavy atom. The van der Waals surface area contributed by atoms with E-state index in [-0.39, 0.29) is 30.9 Å². The molecule has 1 aliphatic rings. The van der Waals surface area contributed by atoms with Gasteiger partial charge in [0, 0.05) is 32.2 Å². The Bertz CT molecular complexity index is 453. The van der Waals surface area contributed by atoms with Crippen LogP contribution in [0, 0.1) is 5.82 Å². The molecule has 104 valence electrons. The molecule has 19 heavy (non-hydrogen) atoms. The molecule has 1 saturated heterocycles. The van der Waals surface area contributed by atoms with Gasteiger partial charge in [0.25, 0.3) is 0 Å². The van der Waals surface area contributed by atoms with Gasteiger partial charge in [-0.3, -0.25) is 9.69 Å². The van der Waals surface area contributed by atoms with Crippen molar-refractivity contribution in [2.24, 2.45) is 0 Å². The molecule has 1 atom stereocenters. The number of likely N-dealkylation sites (N-methyl/N-ethyl adjacent to an activating group) is 1. The number of β-amino-alcohol motifs (C(OH)–C–C–N with tert-alkyl or cyclic N) is 1. The summed E-state index contributed by atoms with van der Waals surface area (Å²) in [6.45, 7) is 1.82. The van der Waals surface area contributed by atoms with Crippen molar-refractivity contribution in [1.29, 1.82) is 0 Å². The highest BCUT2D eigenvalue weighted by Gasteiger charge is 2.23. The minimum atomic E-state index is -0.329. The zero-order valence-electron chi connectivity index (χ0n) is 11.1. The average Bonchev–Trinajstić information content (AvgIpc) is 2.77. The standard InChI is InChI=1S/C14H19FN2O2/c1-16(8-11-4-2-3-5-13(11)15)14(19)10-17-7-6-12(18)9-17/h2-5,12,18H,6-10H2,1H3/t12-/m0/s1. The fraction of sp³-hybridized carbons (Fsp3) is 0.500. The lowest BCUT2D eigenvalue weighted by Crippen LogP contribution is -2.37. The van der Waals surface area contributed by atoms with Gasteiger partial charge in [-0.15, -0.1) is 0 Å². The predicted octanol–water partition coefficient (Wildman–Crippen LogP) is 0.851. The Kier molecular flexibility index (Phi) is 4.50. The van der Waals surface area contributed by atoms with E-state index >= 15 is 0 Å². The van der Waals surface area contributed by atoms with Gasteiger partial charge in [0.1, 0.15) is 5.82 Å². The molecule has 2 rings (SSSR count). The van der Waals surface area contributed by atoms with Gasteiger partial charge in [0.2, 0.25) is 5.91 Å². The van der Waals surface area contributed by atoms with Crippen LogP contribution in [0.15, 0.2) is 24.3 Å². The van der Waals surface area contributed by atoms with Crippen LogP contribution in [0.5, 0.6) is 0 Å². The minimum Gasteiger partial charge on any atom is -0.392 e. The smallest absolute Gasteiger partial charge is 0.236 e. The topological polar surface area (TPSA) is 43.8 Å². The first kappa shape index (κ1) is 14.0. The number of hydrogen-bond acceptors (Lipinski definition) is 3. The average molecular weight is 266 g/mol. The van der Waals surface area contributed by atoms with Crippen molar-refractivity contribution in [2.45, 2.75) is 19.1 Å². The summed E-state index contributed by atoms with van der Waals surface area (Å²) in [5.41, 5.74) is 0.514. The third-order valence-electron chi connectivity index (χ3n) is 3.40. The molecule has 1 aliphatic heterocycles.